The molecule has 0 bridgehead atoms. The molecule has 2 atom stereocenters. The molecule has 1 aliphatic rings. The van der Waals surface area contributed by atoms with Gasteiger partial charge in [0.15, 0.2) is 0 Å². The first-order valence-electron chi connectivity index (χ1n) is 9.41. The normalized spacial score (nSPS) is 19.6. The third kappa shape index (κ3) is 6.33. The molecular formula is C20H32N2O3. The van der Waals surface area contributed by atoms with E-state index in [1.807, 2.05) is 25.1 Å². The third-order valence-electron chi connectivity index (χ3n) is 4.63. The standard InChI is InChI=1S/C20H32N2O3/c1-4-20(24)21-16-8-7-11-22(12-16)13-17(23)14-25-19-10-6-5-9-18(19)15(2)3/h5-6,9-10,15-17,23H,4,7-8,11-14H2,1-3H3,(H,21,24). The van der Waals surface area contributed by atoms with Gasteiger partial charge in [-0.15, -0.1) is 0 Å². The van der Waals surface area contributed by atoms with Crippen molar-refractivity contribution in [2.45, 2.75) is 58.1 Å². The Morgan fingerprint density at radius 3 is 2.88 bits per heavy atom. The van der Waals surface area contributed by atoms with Gasteiger partial charge < -0.3 is 15.2 Å². The van der Waals surface area contributed by atoms with Crippen molar-refractivity contribution in [2.24, 2.45) is 0 Å². The zero-order valence-corrected chi connectivity index (χ0v) is 15.7. The fraction of sp³-hybridized carbons (Fsp3) is 0.650. The lowest BCUT2D eigenvalue weighted by atomic mass is 10.0. The first-order valence-corrected chi connectivity index (χ1v) is 9.41. The Balaban J connectivity index is 1.80. The Hall–Kier alpha value is -1.59. The molecule has 1 heterocycles. The Bertz CT molecular complexity index is 547. The van der Waals surface area contributed by atoms with Crippen LogP contribution in [0.5, 0.6) is 5.75 Å². The highest BCUT2D eigenvalue weighted by atomic mass is 16.5. The van der Waals surface area contributed by atoms with Crippen LogP contribution in [0.4, 0.5) is 0 Å². The summed E-state index contributed by atoms with van der Waals surface area (Å²) in [6, 6.07) is 8.18. The van der Waals surface area contributed by atoms with E-state index in [2.05, 4.69) is 30.1 Å². The lowest BCUT2D eigenvalue weighted by molar-refractivity contribution is -0.121. The number of carbonyl (C=O) groups excluding carboxylic acids is 1. The molecule has 0 radical (unpaired) electrons. The first kappa shape index (κ1) is 19.7. The topological polar surface area (TPSA) is 61.8 Å². The van der Waals surface area contributed by atoms with Crippen LogP contribution in [0.2, 0.25) is 0 Å². The molecule has 1 aromatic rings. The average Bonchev–Trinajstić information content (AvgIpc) is 2.60. The molecule has 2 unspecified atom stereocenters. The predicted octanol–water partition coefficient (Wildman–Crippen LogP) is 2.54. The predicted molar refractivity (Wildman–Crippen MR) is 99.9 cm³/mol. The summed E-state index contributed by atoms with van der Waals surface area (Å²) < 4.78 is 5.86. The number of benzene rings is 1. The molecule has 2 rings (SSSR count). The van der Waals surface area contributed by atoms with Crippen LogP contribution >= 0.6 is 0 Å². The number of nitrogens with zero attached hydrogens (tertiary/aromatic N) is 1. The summed E-state index contributed by atoms with van der Waals surface area (Å²) >= 11 is 0. The van der Waals surface area contributed by atoms with Gasteiger partial charge in [0.1, 0.15) is 18.5 Å². The summed E-state index contributed by atoms with van der Waals surface area (Å²) in [7, 11) is 0. The second kappa shape index (κ2) is 9.78. The average molecular weight is 348 g/mol. The van der Waals surface area contributed by atoms with Gasteiger partial charge >= 0.3 is 0 Å². The second-order valence-corrected chi connectivity index (χ2v) is 7.18. The molecule has 1 amide bonds. The van der Waals surface area contributed by atoms with E-state index in [0.717, 1.165) is 37.2 Å². The van der Waals surface area contributed by atoms with Crippen molar-refractivity contribution in [1.82, 2.24) is 10.2 Å². The van der Waals surface area contributed by atoms with Gasteiger partial charge in [0, 0.05) is 25.6 Å². The summed E-state index contributed by atoms with van der Waals surface area (Å²) in [4.78, 5) is 13.8. The van der Waals surface area contributed by atoms with Crippen LogP contribution < -0.4 is 10.1 Å². The minimum absolute atomic E-state index is 0.0982. The lowest BCUT2D eigenvalue weighted by Gasteiger charge is -2.34. The van der Waals surface area contributed by atoms with Crippen LogP contribution in [0.1, 0.15) is 51.5 Å². The van der Waals surface area contributed by atoms with Gasteiger partial charge in [0.2, 0.25) is 5.91 Å². The number of carbonyl (C=O) groups is 1. The number of nitrogens with one attached hydrogen (secondary N) is 1. The summed E-state index contributed by atoms with van der Waals surface area (Å²) in [5.74, 6) is 1.34. The molecule has 1 saturated heterocycles. The lowest BCUT2D eigenvalue weighted by Crippen LogP contribution is -2.49. The molecule has 0 saturated carbocycles. The van der Waals surface area contributed by atoms with E-state index in [1.165, 1.54) is 0 Å². The van der Waals surface area contributed by atoms with Crippen LogP contribution in [0.15, 0.2) is 24.3 Å². The number of hydrogen-bond donors (Lipinski definition) is 2. The molecule has 1 aromatic carbocycles. The fourth-order valence-electron chi connectivity index (χ4n) is 3.29. The minimum atomic E-state index is -0.541. The molecule has 0 aromatic heterocycles. The van der Waals surface area contributed by atoms with E-state index < -0.39 is 6.10 Å². The summed E-state index contributed by atoms with van der Waals surface area (Å²) in [5.41, 5.74) is 1.16. The van der Waals surface area contributed by atoms with Crippen molar-refractivity contribution in [3.05, 3.63) is 29.8 Å². The molecule has 0 spiro atoms. The molecule has 5 nitrogen and oxygen atoms in total. The quantitative estimate of drug-likeness (QED) is 0.758. The van der Waals surface area contributed by atoms with Gasteiger partial charge in [0.25, 0.3) is 0 Å². The van der Waals surface area contributed by atoms with Gasteiger partial charge in [-0.25, -0.2) is 0 Å². The Morgan fingerprint density at radius 1 is 1.40 bits per heavy atom. The molecule has 0 aliphatic carbocycles. The van der Waals surface area contributed by atoms with Crippen LogP contribution in [-0.2, 0) is 4.79 Å². The number of aliphatic hydroxyl groups is 1. The summed E-state index contributed by atoms with van der Waals surface area (Å²) in [5, 5.41) is 13.4. The van der Waals surface area contributed by atoms with Crippen molar-refractivity contribution in [3.8, 4) is 5.75 Å². The summed E-state index contributed by atoms with van der Waals surface area (Å²) in [6.07, 6.45) is 2.03. The molecule has 140 valence electrons. The van der Waals surface area contributed by atoms with Gasteiger partial charge in [0.05, 0.1) is 0 Å². The van der Waals surface area contributed by atoms with E-state index >= 15 is 0 Å². The molecule has 1 aliphatic heterocycles. The van der Waals surface area contributed by atoms with Gasteiger partial charge in [-0.05, 0) is 36.9 Å². The monoisotopic (exact) mass is 348 g/mol. The number of hydrogen-bond acceptors (Lipinski definition) is 4. The highest BCUT2D eigenvalue weighted by Crippen LogP contribution is 2.26. The number of rotatable bonds is 8. The maximum Gasteiger partial charge on any atom is 0.219 e. The van der Waals surface area contributed by atoms with Crippen LogP contribution in [0.3, 0.4) is 0 Å². The van der Waals surface area contributed by atoms with Crippen molar-refractivity contribution in [1.29, 1.82) is 0 Å². The van der Waals surface area contributed by atoms with Crippen molar-refractivity contribution >= 4 is 5.91 Å². The van der Waals surface area contributed by atoms with E-state index in [-0.39, 0.29) is 18.6 Å². The zero-order chi connectivity index (χ0) is 18.2. The van der Waals surface area contributed by atoms with Crippen LogP contribution in [0, 0.1) is 0 Å². The van der Waals surface area contributed by atoms with Crippen molar-refractivity contribution in [3.63, 3.8) is 0 Å². The van der Waals surface area contributed by atoms with Gasteiger partial charge in [-0.1, -0.05) is 39.0 Å². The van der Waals surface area contributed by atoms with Crippen LogP contribution in [0.25, 0.3) is 0 Å². The number of aliphatic hydroxyl groups excluding tert-OH is 1. The van der Waals surface area contributed by atoms with E-state index in [0.29, 0.717) is 18.9 Å². The largest absolute Gasteiger partial charge is 0.491 e. The molecule has 5 heteroatoms. The Labute approximate surface area is 151 Å². The number of amides is 1. The number of likely N-dealkylation sites (tertiary alicyclic amines) is 1. The van der Waals surface area contributed by atoms with Gasteiger partial charge in [-0.2, -0.15) is 0 Å². The smallest absolute Gasteiger partial charge is 0.219 e. The highest BCUT2D eigenvalue weighted by molar-refractivity contribution is 5.75. The molecule has 2 N–H and O–H groups in total. The Kier molecular flexibility index (Phi) is 7.72. The van der Waals surface area contributed by atoms with Crippen molar-refractivity contribution in [2.75, 3.05) is 26.2 Å². The second-order valence-electron chi connectivity index (χ2n) is 7.18. The van der Waals surface area contributed by atoms with Crippen molar-refractivity contribution < 1.29 is 14.6 Å². The molecule has 1 fully saturated rings. The number of para-hydroxylation sites is 1. The zero-order valence-electron chi connectivity index (χ0n) is 15.7. The van der Waals surface area contributed by atoms with E-state index in [9.17, 15) is 9.90 Å². The highest BCUT2D eigenvalue weighted by Gasteiger charge is 2.23. The minimum Gasteiger partial charge on any atom is -0.491 e. The van der Waals surface area contributed by atoms with Crippen LogP contribution in [-0.4, -0.2) is 54.3 Å². The molecular weight excluding hydrogens is 316 g/mol. The van der Waals surface area contributed by atoms with E-state index in [4.69, 9.17) is 4.74 Å². The maximum absolute atomic E-state index is 11.6. The number of β-amino-alcohol motifs (C(OH)–C–C–N with tert-alkyl or cyclic N) is 1. The Morgan fingerprint density at radius 2 is 2.16 bits per heavy atom. The summed E-state index contributed by atoms with van der Waals surface area (Å²) in [6.45, 7) is 8.75. The third-order valence-corrected chi connectivity index (χ3v) is 4.63. The van der Waals surface area contributed by atoms with E-state index in [1.54, 1.807) is 0 Å². The maximum atomic E-state index is 11.6. The first-order chi connectivity index (χ1) is 12.0. The molecule has 25 heavy (non-hydrogen) atoms. The number of piperidine rings is 1. The fourth-order valence-corrected chi connectivity index (χ4v) is 3.29. The SMILES string of the molecule is CCC(=O)NC1CCCN(CC(O)COc2ccccc2C(C)C)C1. The van der Waals surface area contributed by atoms with Gasteiger partial charge in [-0.3, -0.25) is 9.69 Å². The number of ether oxygens (including phenoxy) is 1.